The summed E-state index contributed by atoms with van der Waals surface area (Å²) in [6.07, 6.45) is 4.93. The second kappa shape index (κ2) is 3.50. The van der Waals surface area contributed by atoms with Crippen molar-refractivity contribution >= 4 is 0 Å². The van der Waals surface area contributed by atoms with Gasteiger partial charge in [0.1, 0.15) is 0 Å². The summed E-state index contributed by atoms with van der Waals surface area (Å²) in [6, 6.07) is 0. The Kier molecular flexibility index (Phi) is 2.76. The first-order valence-corrected chi connectivity index (χ1v) is 4.76. The quantitative estimate of drug-likeness (QED) is 0.770. The summed E-state index contributed by atoms with van der Waals surface area (Å²) >= 11 is 0. The fraction of sp³-hybridized carbons (Fsp3) is 0.700. The van der Waals surface area contributed by atoms with Crippen molar-refractivity contribution in [1.82, 2.24) is 9.78 Å². The second-order valence-corrected chi connectivity index (χ2v) is 3.99. The molecule has 3 nitrogen and oxygen atoms in total. The maximum atomic E-state index is 6.25. The molecule has 3 heteroatoms. The van der Waals surface area contributed by atoms with Crippen LogP contribution in [-0.2, 0) is 12.6 Å². The van der Waals surface area contributed by atoms with Gasteiger partial charge in [0.05, 0.1) is 6.20 Å². The molecule has 0 aromatic carbocycles. The molecule has 74 valence electrons. The highest BCUT2D eigenvalue weighted by Gasteiger charge is 2.28. The first kappa shape index (κ1) is 10.3. The van der Waals surface area contributed by atoms with E-state index in [1.807, 2.05) is 19.4 Å². The third kappa shape index (κ3) is 1.91. The fourth-order valence-electron chi connectivity index (χ4n) is 1.41. The minimum atomic E-state index is -0.261. The molecule has 0 aliphatic rings. The molecule has 1 heterocycles. The van der Waals surface area contributed by atoms with Gasteiger partial charge in [0.25, 0.3) is 0 Å². The first-order chi connectivity index (χ1) is 5.98. The van der Waals surface area contributed by atoms with Gasteiger partial charge in [-0.2, -0.15) is 5.10 Å². The molecule has 0 bridgehead atoms. The predicted octanol–water partition coefficient (Wildman–Crippen LogP) is 1.64. The van der Waals surface area contributed by atoms with Crippen LogP contribution in [0.3, 0.4) is 0 Å². The Morgan fingerprint density at radius 1 is 1.69 bits per heavy atom. The van der Waals surface area contributed by atoms with Crippen molar-refractivity contribution in [3.63, 3.8) is 0 Å². The van der Waals surface area contributed by atoms with Crippen LogP contribution < -0.4 is 5.73 Å². The molecule has 0 aliphatic carbocycles. The van der Waals surface area contributed by atoms with Crippen LogP contribution in [0.1, 0.15) is 32.8 Å². The molecule has 1 rings (SSSR count). The van der Waals surface area contributed by atoms with Gasteiger partial charge in [0.15, 0.2) is 0 Å². The number of hydrogen-bond donors (Lipinski definition) is 1. The standard InChI is InChI=1S/C10H19N3/c1-5-8(2)10(3,11)9-6-12-13(4)7-9/h6-8H,5,11H2,1-4H3. The van der Waals surface area contributed by atoms with Crippen molar-refractivity contribution in [2.24, 2.45) is 18.7 Å². The zero-order valence-electron chi connectivity index (χ0n) is 8.91. The van der Waals surface area contributed by atoms with Gasteiger partial charge < -0.3 is 5.73 Å². The smallest absolute Gasteiger partial charge is 0.0540 e. The molecule has 0 amide bonds. The molecule has 0 saturated carbocycles. The number of aromatic nitrogens is 2. The van der Waals surface area contributed by atoms with Crippen LogP contribution in [-0.4, -0.2) is 9.78 Å². The topological polar surface area (TPSA) is 43.8 Å². The van der Waals surface area contributed by atoms with E-state index in [-0.39, 0.29) is 5.54 Å². The van der Waals surface area contributed by atoms with E-state index >= 15 is 0 Å². The van der Waals surface area contributed by atoms with E-state index in [1.165, 1.54) is 0 Å². The molecule has 0 radical (unpaired) electrons. The van der Waals surface area contributed by atoms with Gasteiger partial charge >= 0.3 is 0 Å². The summed E-state index contributed by atoms with van der Waals surface area (Å²) < 4.78 is 1.79. The van der Waals surface area contributed by atoms with Gasteiger partial charge in [-0.05, 0) is 12.8 Å². The number of aryl methyl sites for hydroxylation is 1. The lowest BCUT2D eigenvalue weighted by Gasteiger charge is -2.29. The number of nitrogens with two attached hydrogens (primary N) is 1. The lowest BCUT2D eigenvalue weighted by atomic mass is 9.82. The van der Waals surface area contributed by atoms with Crippen LogP contribution in [0.15, 0.2) is 12.4 Å². The number of nitrogens with zero attached hydrogens (tertiary/aromatic N) is 2. The third-order valence-electron chi connectivity index (χ3n) is 2.96. The Morgan fingerprint density at radius 3 is 2.69 bits per heavy atom. The molecule has 2 unspecified atom stereocenters. The van der Waals surface area contributed by atoms with Gasteiger partial charge in [0, 0.05) is 24.3 Å². The monoisotopic (exact) mass is 181 g/mol. The van der Waals surface area contributed by atoms with E-state index in [1.54, 1.807) is 4.68 Å². The molecule has 0 spiro atoms. The van der Waals surface area contributed by atoms with Crippen LogP contribution >= 0.6 is 0 Å². The summed E-state index contributed by atoms with van der Waals surface area (Å²) in [7, 11) is 1.91. The van der Waals surface area contributed by atoms with Crippen molar-refractivity contribution in [1.29, 1.82) is 0 Å². The Bertz CT molecular complexity index is 275. The van der Waals surface area contributed by atoms with E-state index in [9.17, 15) is 0 Å². The number of hydrogen-bond acceptors (Lipinski definition) is 2. The van der Waals surface area contributed by atoms with Gasteiger partial charge in [-0.1, -0.05) is 20.3 Å². The van der Waals surface area contributed by atoms with Crippen LogP contribution in [0.2, 0.25) is 0 Å². The maximum absolute atomic E-state index is 6.25. The van der Waals surface area contributed by atoms with Crippen molar-refractivity contribution in [3.05, 3.63) is 18.0 Å². The number of rotatable bonds is 3. The molecular weight excluding hydrogens is 162 g/mol. The summed E-state index contributed by atoms with van der Waals surface area (Å²) in [5, 5.41) is 4.14. The minimum absolute atomic E-state index is 0.261. The molecule has 13 heavy (non-hydrogen) atoms. The first-order valence-electron chi connectivity index (χ1n) is 4.76. The van der Waals surface area contributed by atoms with E-state index in [0.717, 1.165) is 12.0 Å². The molecular formula is C10H19N3. The van der Waals surface area contributed by atoms with Gasteiger partial charge in [-0.25, -0.2) is 0 Å². The SMILES string of the molecule is CCC(C)C(C)(N)c1cnn(C)c1. The van der Waals surface area contributed by atoms with Crippen molar-refractivity contribution in [3.8, 4) is 0 Å². The van der Waals surface area contributed by atoms with Gasteiger partial charge in [-0.15, -0.1) is 0 Å². The largest absolute Gasteiger partial charge is 0.321 e. The summed E-state index contributed by atoms with van der Waals surface area (Å²) in [6.45, 7) is 6.40. The molecule has 1 aromatic heterocycles. The minimum Gasteiger partial charge on any atom is -0.321 e. The van der Waals surface area contributed by atoms with Crippen molar-refractivity contribution in [2.45, 2.75) is 32.7 Å². The highest BCUT2D eigenvalue weighted by Crippen LogP contribution is 2.27. The van der Waals surface area contributed by atoms with Crippen LogP contribution in [0, 0.1) is 5.92 Å². The normalized spacial score (nSPS) is 18.2. The Balaban J connectivity index is 2.92. The summed E-state index contributed by atoms with van der Waals surface area (Å²) in [5.41, 5.74) is 7.11. The fourth-order valence-corrected chi connectivity index (χ4v) is 1.41. The van der Waals surface area contributed by atoms with Crippen LogP contribution in [0.5, 0.6) is 0 Å². The average molecular weight is 181 g/mol. The molecule has 0 fully saturated rings. The Hall–Kier alpha value is -0.830. The van der Waals surface area contributed by atoms with Gasteiger partial charge in [0.2, 0.25) is 0 Å². The van der Waals surface area contributed by atoms with Crippen molar-refractivity contribution < 1.29 is 0 Å². The molecule has 0 saturated heterocycles. The lowest BCUT2D eigenvalue weighted by molar-refractivity contribution is 0.316. The summed E-state index contributed by atoms with van der Waals surface area (Å²) in [5.74, 6) is 0.469. The molecule has 2 atom stereocenters. The lowest BCUT2D eigenvalue weighted by Crippen LogP contribution is -2.39. The highest BCUT2D eigenvalue weighted by atomic mass is 15.2. The van der Waals surface area contributed by atoms with E-state index in [0.29, 0.717) is 5.92 Å². The molecule has 2 N–H and O–H groups in total. The van der Waals surface area contributed by atoms with E-state index in [4.69, 9.17) is 5.73 Å². The third-order valence-corrected chi connectivity index (χ3v) is 2.96. The summed E-state index contributed by atoms with van der Waals surface area (Å²) in [4.78, 5) is 0. The predicted molar refractivity (Wildman–Crippen MR) is 54.2 cm³/mol. The van der Waals surface area contributed by atoms with Crippen LogP contribution in [0.4, 0.5) is 0 Å². The second-order valence-electron chi connectivity index (χ2n) is 3.99. The van der Waals surface area contributed by atoms with Gasteiger partial charge in [-0.3, -0.25) is 4.68 Å². The average Bonchev–Trinajstić information content (AvgIpc) is 2.50. The molecule has 0 aliphatic heterocycles. The Labute approximate surface area is 79.9 Å². The maximum Gasteiger partial charge on any atom is 0.0540 e. The molecule has 1 aromatic rings. The zero-order valence-corrected chi connectivity index (χ0v) is 8.91. The Morgan fingerprint density at radius 2 is 2.31 bits per heavy atom. The van der Waals surface area contributed by atoms with Crippen molar-refractivity contribution in [2.75, 3.05) is 0 Å². The highest BCUT2D eigenvalue weighted by molar-refractivity contribution is 5.17. The zero-order chi connectivity index (χ0) is 10.1. The van der Waals surface area contributed by atoms with E-state index in [2.05, 4.69) is 25.9 Å². The van der Waals surface area contributed by atoms with Crippen LogP contribution in [0.25, 0.3) is 0 Å². The van der Waals surface area contributed by atoms with E-state index < -0.39 is 0 Å².